The van der Waals surface area contributed by atoms with Crippen LogP contribution in [0.5, 0.6) is 0 Å². The molecule has 2 aliphatic heterocycles. The largest absolute Gasteiger partial charge is 0.381 e. The summed E-state index contributed by atoms with van der Waals surface area (Å²) in [4.78, 5) is 11.9. The minimum absolute atomic E-state index is 0.0550. The normalized spacial score (nSPS) is 27.9. The van der Waals surface area contributed by atoms with E-state index < -0.39 is 0 Å². The Morgan fingerprint density at radius 3 is 2.71 bits per heavy atom. The molecule has 1 N–H and O–H groups in total. The van der Waals surface area contributed by atoms with Crippen LogP contribution in [-0.2, 0) is 14.3 Å². The highest BCUT2D eigenvalue weighted by Crippen LogP contribution is 2.23. The van der Waals surface area contributed by atoms with E-state index in [4.69, 9.17) is 21.1 Å². The fourth-order valence-electron chi connectivity index (χ4n) is 2.41. The molecule has 17 heavy (non-hydrogen) atoms. The third-order valence-electron chi connectivity index (χ3n) is 3.55. The molecule has 4 nitrogen and oxygen atoms in total. The van der Waals surface area contributed by atoms with Crippen molar-refractivity contribution in [3.8, 4) is 0 Å². The van der Waals surface area contributed by atoms with Crippen LogP contribution < -0.4 is 5.32 Å². The maximum Gasteiger partial charge on any atom is 0.223 e. The van der Waals surface area contributed by atoms with Crippen LogP contribution in [0.2, 0.25) is 0 Å². The lowest BCUT2D eigenvalue weighted by atomic mass is 9.92. The van der Waals surface area contributed by atoms with Crippen molar-refractivity contribution in [3.63, 3.8) is 0 Å². The molecule has 2 heterocycles. The molecular weight excluding hydrogens is 242 g/mol. The van der Waals surface area contributed by atoms with Gasteiger partial charge in [-0.25, -0.2) is 0 Å². The molecule has 2 rings (SSSR count). The van der Waals surface area contributed by atoms with Gasteiger partial charge in [-0.15, -0.1) is 11.6 Å². The molecule has 0 aromatic rings. The molecule has 1 amide bonds. The summed E-state index contributed by atoms with van der Waals surface area (Å²) in [5.41, 5.74) is -0.268. The molecule has 0 radical (unpaired) electrons. The van der Waals surface area contributed by atoms with Crippen LogP contribution >= 0.6 is 11.6 Å². The van der Waals surface area contributed by atoms with Crippen molar-refractivity contribution in [3.05, 3.63) is 0 Å². The summed E-state index contributed by atoms with van der Waals surface area (Å²) in [5, 5.41) is 3.08. The second kappa shape index (κ2) is 6.03. The molecule has 2 saturated heterocycles. The highest BCUT2D eigenvalue weighted by Gasteiger charge is 2.34. The lowest BCUT2D eigenvalue weighted by Gasteiger charge is -2.36. The topological polar surface area (TPSA) is 47.6 Å². The van der Waals surface area contributed by atoms with Gasteiger partial charge in [-0.1, -0.05) is 0 Å². The van der Waals surface area contributed by atoms with Crippen LogP contribution in [0.15, 0.2) is 0 Å². The predicted octanol–water partition coefficient (Wildman–Crippen LogP) is 1.46. The van der Waals surface area contributed by atoms with E-state index in [1.54, 1.807) is 0 Å². The fourth-order valence-corrected chi connectivity index (χ4v) is 2.75. The number of nitrogens with one attached hydrogen (secondary N) is 1. The Morgan fingerprint density at radius 1 is 1.35 bits per heavy atom. The van der Waals surface area contributed by atoms with Gasteiger partial charge < -0.3 is 14.8 Å². The van der Waals surface area contributed by atoms with Crippen LogP contribution in [0.3, 0.4) is 0 Å². The summed E-state index contributed by atoms with van der Waals surface area (Å²) in [5.74, 6) is 0.507. The first kappa shape index (κ1) is 13.1. The van der Waals surface area contributed by atoms with Crippen molar-refractivity contribution >= 4 is 17.5 Å². The second-order valence-electron chi connectivity index (χ2n) is 4.91. The quantitative estimate of drug-likeness (QED) is 0.780. The minimum atomic E-state index is -0.268. The van der Waals surface area contributed by atoms with Crippen LogP contribution in [0.4, 0.5) is 0 Å². The van der Waals surface area contributed by atoms with Gasteiger partial charge in [0, 0.05) is 25.7 Å². The first-order chi connectivity index (χ1) is 8.24. The van der Waals surface area contributed by atoms with Gasteiger partial charge in [0.15, 0.2) is 0 Å². The molecule has 0 aromatic carbocycles. The van der Waals surface area contributed by atoms with Gasteiger partial charge in [0.05, 0.1) is 18.1 Å². The maximum atomic E-state index is 11.9. The van der Waals surface area contributed by atoms with Crippen LogP contribution in [-0.4, -0.2) is 43.3 Å². The molecule has 98 valence electrons. The average Bonchev–Trinajstić information content (AvgIpc) is 2.83. The Morgan fingerprint density at radius 2 is 2.12 bits per heavy atom. The van der Waals surface area contributed by atoms with E-state index in [0.29, 0.717) is 25.5 Å². The smallest absolute Gasteiger partial charge is 0.223 e. The maximum absolute atomic E-state index is 11.9. The highest BCUT2D eigenvalue weighted by molar-refractivity contribution is 6.18. The van der Waals surface area contributed by atoms with E-state index in [0.717, 1.165) is 32.3 Å². The zero-order chi connectivity index (χ0) is 12.1. The SMILES string of the molecule is O=C(CC1CCCO1)NC1(CCl)CCOCC1. The van der Waals surface area contributed by atoms with Crippen molar-refractivity contribution in [2.24, 2.45) is 0 Å². The third kappa shape index (κ3) is 3.57. The third-order valence-corrected chi connectivity index (χ3v) is 4.06. The molecule has 2 aliphatic rings. The van der Waals surface area contributed by atoms with Gasteiger partial charge in [-0.2, -0.15) is 0 Å². The molecule has 0 spiro atoms. The van der Waals surface area contributed by atoms with Gasteiger partial charge in [-0.05, 0) is 25.7 Å². The molecule has 5 heteroatoms. The summed E-state index contributed by atoms with van der Waals surface area (Å²) >= 11 is 6.00. The van der Waals surface area contributed by atoms with Gasteiger partial charge in [0.1, 0.15) is 0 Å². The van der Waals surface area contributed by atoms with Gasteiger partial charge in [-0.3, -0.25) is 4.79 Å². The summed E-state index contributed by atoms with van der Waals surface area (Å²) in [6.45, 7) is 2.13. The number of alkyl halides is 1. The molecule has 0 aliphatic carbocycles. The van der Waals surface area contributed by atoms with E-state index in [1.165, 1.54) is 0 Å². The lowest BCUT2D eigenvalue weighted by molar-refractivity contribution is -0.126. The molecule has 0 aromatic heterocycles. The lowest BCUT2D eigenvalue weighted by Crippen LogP contribution is -2.53. The van der Waals surface area contributed by atoms with E-state index in [-0.39, 0.29) is 17.6 Å². The Balaban J connectivity index is 1.82. The van der Waals surface area contributed by atoms with Crippen molar-refractivity contribution in [2.45, 2.75) is 43.7 Å². The van der Waals surface area contributed by atoms with Crippen LogP contribution in [0.1, 0.15) is 32.1 Å². The number of rotatable bonds is 4. The van der Waals surface area contributed by atoms with Gasteiger partial charge >= 0.3 is 0 Å². The first-order valence-corrected chi connectivity index (χ1v) is 6.84. The Hall–Kier alpha value is -0.320. The summed E-state index contributed by atoms with van der Waals surface area (Å²) in [7, 11) is 0. The Labute approximate surface area is 107 Å². The van der Waals surface area contributed by atoms with Crippen molar-refractivity contribution in [1.29, 1.82) is 0 Å². The number of halogens is 1. The molecule has 1 atom stereocenters. The zero-order valence-corrected chi connectivity index (χ0v) is 10.8. The molecule has 0 bridgehead atoms. The second-order valence-corrected chi connectivity index (χ2v) is 5.18. The number of hydrogen-bond donors (Lipinski definition) is 1. The van der Waals surface area contributed by atoms with Gasteiger partial charge in [0.25, 0.3) is 0 Å². The van der Waals surface area contributed by atoms with Gasteiger partial charge in [0.2, 0.25) is 5.91 Å². The monoisotopic (exact) mass is 261 g/mol. The molecule has 1 unspecified atom stereocenters. The van der Waals surface area contributed by atoms with Crippen molar-refractivity contribution in [1.82, 2.24) is 5.32 Å². The first-order valence-electron chi connectivity index (χ1n) is 6.30. The Kier molecular flexibility index (Phi) is 4.65. The number of hydrogen-bond acceptors (Lipinski definition) is 3. The minimum Gasteiger partial charge on any atom is -0.381 e. The van der Waals surface area contributed by atoms with Crippen LogP contribution in [0, 0.1) is 0 Å². The number of carbonyl (C=O) groups is 1. The predicted molar refractivity (Wildman–Crippen MR) is 65.2 cm³/mol. The van der Waals surface area contributed by atoms with Crippen molar-refractivity contribution < 1.29 is 14.3 Å². The highest BCUT2D eigenvalue weighted by atomic mass is 35.5. The van der Waals surface area contributed by atoms with E-state index in [2.05, 4.69) is 5.32 Å². The molecule has 2 fully saturated rings. The standard InChI is InChI=1S/C12H20ClNO3/c13-9-12(3-6-16-7-4-12)14-11(15)8-10-2-1-5-17-10/h10H,1-9H2,(H,14,15). The number of carbonyl (C=O) groups excluding carboxylic acids is 1. The summed E-state index contributed by atoms with van der Waals surface area (Å²) in [6.07, 6.45) is 4.21. The summed E-state index contributed by atoms with van der Waals surface area (Å²) < 4.78 is 10.8. The van der Waals surface area contributed by atoms with E-state index in [9.17, 15) is 4.79 Å². The molecule has 0 saturated carbocycles. The van der Waals surface area contributed by atoms with E-state index in [1.807, 2.05) is 0 Å². The number of amides is 1. The average molecular weight is 262 g/mol. The summed E-state index contributed by atoms with van der Waals surface area (Å²) in [6, 6.07) is 0. The Bertz CT molecular complexity index is 260. The molecular formula is C12H20ClNO3. The zero-order valence-electron chi connectivity index (χ0n) is 10.0. The van der Waals surface area contributed by atoms with Crippen LogP contribution in [0.25, 0.3) is 0 Å². The number of ether oxygens (including phenoxy) is 2. The fraction of sp³-hybridized carbons (Fsp3) is 0.917. The van der Waals surface area contributed by atoms with E-state index >= 15 is 0 Å². The van der Waals surface area contributed by atoms with Crippen molar-refractivity contribution in [2.75, 3.05) is 25.7 Å².